The molecule has 8 nitrogen and oxygen atoms in total. The summed E-state index contributed by atoms with van der Waals surface area (Å²) >= 11 is 0. The highest BCUT2D eigenvalue weighted by Gasteiger charge is 2.36. The van der Waals surface area contributed by atoms with E-state index in [1.165, 1.54) is 32.4 Å². The lowest BCUT2D eigenvalue weighted by molar-refractivity contribution is -0.122. The minimum absolute atomic E-state index is 0.114. The first-order valence-electron chi connectivity index (χ1n) is 8.85. The van der Waals surface area contributed by atoms with Gasteiger partial charge >= 0.3 is 6.03 Å². The largest absolute Gasteiger partial charge is 0.502 e. The topological polar surface area (TPSA) is 105 Å². The first-order valence-corrected chi connectivity index (χ1v) is 8.85. The number of nitrogens with one attached hydrogen (secondary N) is 1. The summed E-state index contributed by atoms with van der Waals surface area (Å²) in [4.78, 5) is 38.4. The highest BCUT2D eigenvalue weighted by molar-refractivity contribution is 6.39. The molecule has 8 heteroatoms. The second kappa shape index (κ2) is 8.05. The van der Waals surface area contributed by atoms with Crippen molar-refractivity contribution in [3.63, 3.8) is 0 Å². The monoisotopic (exact) mass is 396 g/mol. The van der Waals surface area contributed by atoms with E-state index < -0.39 is 17.8 Å². The molecule has 1 aliphatic heterocycles. The zero-order valence-electron chi connectivity index (χ0n) is 16.2. The van der Waals surface area contributed by atoms with Crippen LogP contribution in [0.15, 0.2) is 42.0 Å². The van der Waals surface area contributed by atoms with E-state index in [4.69, 9.17) is 9.47 Å². The molecular weight excluding hydrogens is 376 g/mol. The predicted octanol–water partition coefficient (Wildman–Crippen LogP) is 2.64. The second-order valence-electron chi connectivity index (χ2n) is 6.25. The zero-order chi connectivity index (χ0) is 21.1. The van der Waals surface area contributed by atoms with E-state index in [1.807, 2.05) is 19.1 Å². The number of aryl methyl sites for hydroxylation is 1. The summed E-state index contributed by atoms with van der Waals surface area (Å²) in [5, 5.41) is 12.2. The van der Waals surface area contributed by atoms with Gasteiger partial charge in [-0.1, -0.05) is 19.1 Å². The molecule has 0 unspecified atom stereocenters. The molecule has 0 bridgehead atoms. The first kappa shape index (κ1) is 19.9. The SMILES string of the molecule is CCc1ccc(N2C(=O)NC(=O)C(=Cc3cc(OC)c(O)c(OC)c3)C2=O)cc1. The molecular formula is C21H20N2O6. The van der Waals surface area contributed by atoms with E-state index in [2.05, 4.69) is 5.32 Å². The molecule has 2 aromatic carbocycles. The van der Waals surface area contributed by atoms with Gasteiger partial charge in [0.2, 0.25) is 5.75 Å². The third-order valence-electron chi connectivity index (χ3n) is 4.52. The van der Waals surface area contributed by atoms with Crippen molar-refractivity contribution in [3.05, 3.63) is 53.1 Å². The van der Waals surface area contributed by atoms with Crippen LogP contribution in [0, 0.1) is 0 Å². The van der Waals surface area contributed by atoms with Crippen molar-refractivity contribution in [1.82, 2.24) is 5.32 Å². The number of carbonyl (C=O) groups is 3. The molecule has 0 aromatic heterocycles. The average molecular weight is 396 g/mol. The van der Waals surface area contributed by atoms with Crippen LogP contribution < -0.4 is 19.7 Å². The Bertz CT molecular complexity index is 985. The lowest BCUT2D eigenvalue weighted by Gasteiger charge is -2.26. The van der Waals surface area contributed by atoms with Crippen molar-refractivity contribution < 1.29 is 29.0 Å². The van der Waals surface area contributed by atoms with Gasteiger partial charge in [-0.05, 0) is 47.9 Å². The van der Waals surface area contributed by atoms with Gasteiger partial charge in [0, 0.05) is 0 Å². The molecule has 1 fully saturated rings. The summed E-state index contributed by atoms with van der Waals surface area (Å²) in [6.45, 7) is 1.99. The lowest BCUT2D eigenvalue weighted by Crippen LogP contribution is -2.54. The molecule has 2 N–H and O–H groups in total. The molecule has 0 spiro atoms. The minimum atomic E-state index is -0.817. The number of benzene rings is 2. The van der Waals surface area contributed by atoms with Crippen LogP contribution in [0.5, 0.6) is 17.2 Å². The molecule has 0 atom stereocenters. The Morgan fingerprint density at radius 1 is 1.03 bits per heavy atom. The Kier molecular flexibility index (Phi) is 5.54. The van der Waals surface area contributed by atoms with Crippen LogP contribution in [-0.4, -0.2) is 37.2 Å². The number of nitrogens with zero attached hydrogens (tertiary/aromatic N) is 1. The predicted molar refractivity (Wildman–Crippen MR) is 106 cm³/mol. The Morgan fingerprint density at radius 3 is 2.14 bits per heavy atom. The van der Waals surface area contributed by atoms with Crippen LogP contribution in [0.2, 0.25) is 0 Å². The average Bonchev–Trinajstić information content (AvgIpc) is 2.72. The third-order valence-corrected chi connectivity index (χ3v) is 4.52. The number of urea groups is 1. The van der Waals surface area contributed by atoms with Gasteiger partial charge in [0.15, 0.2) is 11.5 Å². The van der Waals surface area contributed by atoms with Crippen LogP contribution in [0.1, 0.15) is 18.1 Å². The number of hydrogen-bond acceptors (Lipinski definition) is 6. The van der Waals surface area contributed by atoms with Crippen LogP contribution in [-0.2, 0) is 16.0 Å². The van der Waals surface area contributed by atoms with Crippen LogP contribution in [0.4, 0.5) is 10.5 Å². The molecule has 3 rings (SSSR count). The zero-order valence-corrected chi connectivity index (χ0v) is 16.2. The van der Waals surface area contributed by atoms with Crippen molar-refractivity contribution in [1.29, 1.82) is 0 Å². The van der Waals surface area contributed by atoms with Gasteiger partial charge in [-0.25, -0.2) is 9.69 Å². The van der Waals surface area contributed by atoms with E-state index in [1.54, 1.807) is 12.1 Å². The van der Waals surface area contributed by atoms with E-state index in [-0.39, 0.29) is 22.8 Å². The van der Waals surface area contributed by atoms with Gasteiger partial charge in [-0.15, -0.1) is 0 Å². The maximum absolute atomic E-state index is 12.9. The van der Waals surface area contributed by atoms with Crippen LogP contribution in [0.3, 0.4) is 0 Å². The Balaban J connectivity index is 2.03. The number of imide groups is 2. The highest BCUT2D eigenvalue weighted by atomic mass is 16.5. The highest BCUT2D eigenvalue weighted by Crippen LogP contribution is 2.38. The maximum Gasteiger partial charge on any atom is 0.335 e. The van der Waals surface area contributed by atoms with E-state index >= 15 is 0 Å². The molecule has 1 heterocycles. The fourth-order valence-electron chi connectivity index (χ4n) is 2.94. The van der Waals surface area contributed by atoms with Crippen molar-refractivity contribution in [2.75, 3.05) is 19.1 Å². The number of hydrogen-bond donors (Lipinski definition) is 2. The summed E-state index contributed by atoms with van der Waals surface area (Å²) in [7, 11) is 2.73. The van der Waals surface area contributed by atoms with E-state index in [0.717, 1.165) is 16.9 Å². The molecule has 0 radical (unpaired) electrons. The van der Waals surface area contributed by atoms with Crippen LogP contribution >= 0.6 is 0 Å². The Morgan fingerprint density at radius 2 is 1.62 bits per heavy atom. The number of methoxy groups -OCH3 is 2. The molecule has 0 aliphatic carbocycles. The number of barbiturate groups is 1. The van der Waals surface area contributed by atoms with Crippen LogP contribution in [0.25, 0.3) is 6.08 Å². The lowest BCUT2D eigenvalue weighted by atomic mass is 10.1. The summed E-state index contributed by atoms with van der Waals surface area (Å²) in [5.41, 5.74) is 1.54. The Labute approximate surface area is 167 Å². The first-order chi connectivity index (χ1) is 13.9. The van der Waals surface area contributed by atoms with Crippen molar-refractivity contribution >= 4 is 29.6 Å². The summed E-state index contributed by atoms with van der Waals surface area (Å²) in [6.07, 6.45) is 2.12. The maximum atomic E-state index is 12.9. The van der Waals surface area contributed by atoms with Gasteiger partial charge in [0.05, 0.1) is 19.9 Å². The smallest absolute Gasteiger partial charge is 0.335 e. The molecule has 150 valence electrons. The number of anilines is 1. The standard InChI is InChI=1S/C21H20N2O6/c1-4-12-5-7-14(8-6-12)23-20(26)15(19(25)22-21(23)27)9-13-10-16(28-2)18(24)17(11-13)29-3/h5-11,24H,4H2,1-3H3,(H,22,25,27). The molecule has 1 aliphatic rings. The molecule has 1 saturated heterocycles. The summed E-state index contributed by atoms with van der Waals surface area (Å²) in [5.74, 6) is -1.54. The van der Waals surface area contributed by atoms with Gasteiger partial charge in [-0.3, -0.25) is 14.9 Å². The minimum Gasteiger partial charge on any atom is -0.502 e. The molecule has 0 saturated carbocycles. The fourth-order valence-corrected chi connectivity index (χ4v) is 2.94. The van der Waals surface area contributed by atoms with Crippen molar-refractivity contribution in [2.45, 2.75) is 13.3 Å². The number of carbonyl (C=O) groups excluding carboxylic acids is 3. The molecule has 2 aromatic rings. The Hall–Kier alpha value is -3.81. The van der Waals surface area contributed by atoms with Crippen molar-refractivity contribution in [3.8, 4) is 17.2 Å². The number of ether oxygens (including phenoxy) is 2. The van der Waals surface area contributed by atoms with Gasteiger partial charge in [-0.2, -0.15) is 0 Å². The second-order valence-corrected chi connectivity index (χ2v) is 6.25. The molecule has 29 heavy (non-hydrogen) atoms. The van der Waals surface area contributed by atoms with Crippen molar-refractivity contribution in [2.24, 2.45) is 0 Å². The molecule has 4 amide bonds. The fraction of sp³-hybridized carbons (Fsp3) is 0.190. The number of rotatable bonds is 5. The summed E-state index contributed by atoms with van der Waals surface area (Å²) in [6, 6.07) is 9.00. The van der Waals surface area contributed by atoms with Gasteiger partial charge in [0.1, 0.15) is 5.57 Å². The number of amides is 4. The van der Waals surface area contributed by atoms with E-state index in [0.29, 0.717) is 11.3 Å². The summed E-state index contributed by atoms with van der Waals surface area (Å²) < 4.78 is 10.2. The number of phenolic OH excluding ortho intramolecular Hbond substituents is 1. The van der Waals surface area contributed by atoms with Gasteiger partial charge < -0.3 is 14.6 Å². The van der Waals surface area contributed by atoms with Gasteiger partial charge in [0.25, 0.3) is 11.8 Å². The number of phenols is 1. The third kappa shape index (κ3) is 3.77. The number of aromatic hydroxyl groups is 1. The normalized spacial score (nSPS) is 15.5. The quantitative estimate of drug-likeness (QED) is 0.595. The van der Waals surface area contributed by atoms with E-state index in [9.17, 15) is 19.5 Å².